The lowest BCUT2D eigenvalue weighted by Gasteiger charge is -2.10. The minimum Gasteiger partial charge on any atom is -0.497 e. The minimum atomic E-state index is 0.326. The Bertz CT molecular complexity index is 570. The summed E-state index contributed by atoms with van der Waals surface area (Å²) in [6, 6.07) is 5.43. The maximum atomic E-state index is 5.71. The number of ether oxygens (including phenoxy) is 2. The molecule has 2 N–H and O–H groups in total. The third kappa shape index (κ3) is 3.96. The van der Waals surface area contributed by atoms with Crippen LogP contribution in [-0.4, -0.2) is 28.3 Å². The van der Waals surface area contributed by atoms with Gasteiger partial charge >= 0.3 is 0 Å². The molecule has 1 heterocycles. The molecule has 106 valence electrons. The van der Waals surface area contributed by atoms with E-state index in [2.05, 4.69) is 4.98 Å². The molecule has 0 saturated carbocycles. The fraction of sp³-hybridized carbons (Fsp3) is 0.286. The quantitative estimate of drug-likeness (QED) is 0.624. The molecule has 0 aliphatic carbocycles. The molecular formula is C14H17N3O2S. The molecule has 20 heavy (non-hydrogen) atoms. The van der Waals surface area contributed by atoms with Crippen molar-refractivity contribution in [2.45, 2.75) is 13.0 Å². The van der Waals surface area contributed by atoms with Gasteiger partial charge in [-0.25, -0.2) is 4.98 Å². The number of methoxy groups -OCH3 is 1. The topological polar surface area (TPSA) is 62.3 Å². The largest absolute Gasteiger partial charge is 0.497 e. The summed E-state index contributed by atoms with van der Waals surface area (Å²) in [6.07, 6.45) is 6.36. The van der Waals surface area contributed by atoms with Gasteiger partial charge in [0, 0.05) is 30.6 Å². The van der Waals surface area contributed by atoms with Crippen LogP contribution in [0.3, 0.4) is 0 Å². The molecule has 0 spiro atoms. The van der Waals surface area contributed by atoms with Gasteiger partial charge in [-0.1, -0.05) is 12.2 Å². The SMILES string of the molecule is COc1cc(OCCCn2ccnc2)cc(C(N)=S)c1. The van der Waals surface area contributed by atoms with E-state index in [1.54, 1.807) is 25.7 Å². The molecular weight excluding hydrogens is 274 g/mol. The van der Waals surface area contributed by atoms with E-state index in [1.165, 1.54) is 0 Å². The van der Waals surface area contributed by atoms with Crippen LogP contribution < -0.4 is 15.2 Å². The van der Waals surface area contributed by atoms with Crippen molar-refractivity contribution in [3.63, 3.8) is 0 Å². The van der Waals surface area contributed by atoms with Crippen LogP contribution >= 0.6 is 12.2 Å². The maximum Gasteiger partial charge on any atom is 0.123 e. The lowest BCUT2D eigenvalue weighted by Crippen LogP contribution is -2.10. The fourth-order valence-electron chi connectivity index (χ4n) is 1.77. The number of imidazole rings is 1. The number of rotatable bonds is 7. The molecule has 0 fully saturated rings. The minimum absolute atomic E-state index is 0.326. The van der Waals surface area contributed by atoms with Gasteiger partial charge in [-0.3, -0.25) is 0 Å². The molecule has 2 aromatic rings. The lowest BCUT2D eigenvalue weighted by molar-refractivity contribution is 0.299. The average molecular weight is 291 g/mol. The van der Waals surface area contributed by atoms with Crippen molar-refractivity contribution < 1.29 is 9.47 Å². The maximum absolute atomic E-state index is 5.71. The Balaban J connectivity index is 1.91. The fourth-order valence-corrected chi connectivity index (χ4v) is 1.89. The molecule has 0 amide bonds. The highest BCUT2D eigenvalue weighted by Crippen LogP contribution is 2.22. The van der Waals surface area contributed by atoms with Crippen molar-refractivity contribution in [1.29, 1.82) is 0 Å². The van der Waals surface area contributed by atoms with Crippen LogP contribution in [0.4, 0.5) is 0 Å². The predicted molar refractivity (Wildman–Crippen MR) is 81.2 cm³/mol. The highest BCUT2D eigenvalue weighted by molar-refractivity contribution is 7.80. The molecule has 0 aliphatic rings. The lowest BCUT2D eigenvalue weighted by atomic mass is 10.2. The number of thiocarbonyl (C=S) groups is 1. The van der Waals surface area contributed by atoms with E-state index in [0.29, 0.717) is 23.1 Å². The number of hydrogen-bond acceptors (Lipinski definition) is 4. The van der Waals surface area contributed by atoms with Crippen LogP contribution in [0.15, 0.2) is 36.9 Å². The van der Waals surface area contributed by atoms with Crippen LogP contribution in [0.5, 0.6) is 11.5 Å². The Kier molecular flexibility index (Phi) is 4.95. The van der Waals surface area contributed by atoms with Crippen LogP contribution in [0, 0.1) is 0 Å². The summed E-state index contributed by atoms with van der Waals surface area (Å²) in [4.78, 5) is 4.32. The van der Waals surface area contributed by atoms with Gasteiger partial charge in [0.25, 0.3) is 0 Å². The third-order valence-electron chi connectivity index (χ3n) is 2.79. The summed E-state index contributed by atoms with van der Waals surface area (Å²) in [5, 5.41) is 0. The molecule has 1 aromatic carbocycles. The van der Waals surface area contributed by atoms with E-state index in [9.17, 15) is 0 Å². The van der Waals surface area contributed by atoms with Gasteiger partial charge in [-0.05, 0) is 18.6 Å². The van der Waals surface area contributed by atoms with Crippen LogP contribution in [0.25, 0.3) is 0 Å². The second-order valence-electron chi connectivity index (χ2n) is 4.26. The van der Waals surface area contributed by atoms with Gasteiger partial charge in [0.1, 0.15) is 16.5 Å². The molecule has 1 aromatic heterocycles. The Morgan fingerprint density at radius 3 is 2.80 bits per heavy atom. The zero-order chi connectivity index (χ0) is 14.4. The van der Waals surface area contributed by atoms with Crippen LogP contribution in [-0.2, 0) is 6.54 Å². The molecule has 5 nitrogen and oxygen atoms in total. The zero-order valence-corrected chi connectivity index (χ0v) is 12.1. The number of nitrogens with two attached hydrogens (primary N) is 1. The van der Waals surface area contributed by atoms with Gasteiger partial charge in [-0.15, -0.1) is 0 Å². The van der Waals surface area contributed by atoms with E-state index < -0.39 is 0 Å². The number of benzene rings is 1. The molecule has 2 rings (SSSR count). The van der Waals surface area contributed by atoms with Gasteiger partial charge in [0.2, 0.25) is 0 Å². The van der Waals surface area contributed by atoms with Gasteiger partial charge in [0.15, 0.2) is 0 Å². The average Bonchev–Trinajstić information content (AvgIpc) is 2.96. The molecule has 0 atom stereocenters. The first-order chi connectivity index (χ1) is 9.69. The first-order valence-corrected chi connectivity index (χ1v) is 6.67. The molecule has 0 radical (unpaired) electrons. The highest BCUT2D eigenvalue weighted by Gasteiger charge is 2.04. The molecule has 0 unspecified atom stereocenters. The second-order valence-corrected chi connectivity index (χ2v) is 4.70. The Labute approximate surface area is 123 Å². The third-order valence-corrected chi connectivity index (χ3v) is 3.02. The monoisotopic (exact) mass is 291 g/mol. The molecule has 0 bridgehead atoms. The number of aromatic nitrogens is 2. The predicted octanol–water partition coefficient (Wildman–Crippen LogP) is 1.99. The molecule has 0 aliphatic heterocycles. The molecule has 0 saturated heterocycles. The first-order valence-electron chi connectivity index (χ1n) is 6.26. The smallest absolute Gasteiger partial charge is 0.123 e. The number of nitrogens with zero attached hydrogens (tertiary/aromatic N) is 2. The van der Waals surface area contributed by atoms with E-state index in [-0.39, 0.29) is 0 Å². The summed E-state index contributed by atoms with van der Waals surface area (Å²) in [5.74, 6) is 1.39. The summed E-state index contributed by atoms with van der Waals surface area (Å²) < 4.78 is 12.9. The number of hydrogen-bond donors (Lipinski definition) is 1. The van der Waals surface area contributed by atoms with Gasteiger partial charge < -0.3 is 19.8 Å². The van der Waals surface area contributed by atoms with Crippen molar-refractivity contribution in [3.8, 4) is 11.5 Å². The normalized spacial score (nSPS) is 10.2. The Morgan fingerprint density at radius 1 is 1.35 bits per heavy atom. The summed E-state index contributed by atoms with van der Waals surface area (Å²) in [6.45, 7) is 1.47. The highest BCUT2D eigenvalue weighted by atomic mass is 32.1. The Morgan fingerprint density at radius 2 is 2.15 bits per heavy atom. The summed E-state index contributed by atoms with van der Waals surface area (Å²) in [5.41, 5.74) is 6.38. The summed E-state index contributed by atoms with van der Waals surface area (Å²) >= 11 is 4.97. The first kappa shape index (κ1) is 14.3. The van der Waals surface area contributed by atoms with E-state index >= 15 is 0 Å². The standard InChI is InChI=1S/C14H17N3O2S/c1-18-12-7-11(14(15)20)8-13(9-12)19-6-2-4-17-5-3-16-10-17/h3,5,7-10H,2,4,6H2,1H3,(H2,15,20). The van der Waals surface area contributed by atoms with Gasteiger partial charge in [0.05, 0.1) is 20.0 Å². The van der Waals surface area contributed by atoms with Crippen LogP contribution in [0.1, 0.15) is 12.0 Å². The van der Waals surface area contributed by atoms with E-state index in [1.807, 2.05) is 22.9 Å². The Hall–Kier alpha value is -2.08. The van der Waals surface area contributed by atoms with Crippen molar-refractivity contribution >= 4 is 17.2 Å². The van der Waals surface area contributed by atoms with Crippen LogP contribution in [0.2, 0.25) is 0 Å². The summed E-state index contributed by atoms with van der Waals surface area (Å²) in [7, 11) is 1.60. The number of aryl methyl sites for hydroxylation is 1. The zero-order valence-electron chi connectivity index (χ0n) is 11.3. The van der Waals surface area contributed by atoms with Crippen molar-refractivity contribution in [2.75, 3.05) is 13.7 Å². The van der Waals surface area contributed by atoms with E-state index in [4.69, 9.17) is 27.4 Å². The van der Waals surface area contributed by atoms with Crippen molar-refractivity contribution in [3.05, 3.63) is 42.5 Å². The van der Waals surface area contributed by atoms with Crippen molar-refractivity contribution in [2.24, 2.45) is 5.73 Å². The second kappa shape index (κ2) is 6.91. The van der Waals surface area contributed by atoms with Crippen molar-refractivity contribution in [1.82, 2.24) is 9.55 Å². The van der Waals surface area contributed by atoms with E-state index in [0.717, 1.165) is 18.5 Å². The van der Waals surface area contributed by atoms with Gasteiger partial charge in [-0.2, -0.15) is 0 Å². The molecule has 6 heteroatoms.